The van der Waals surface area contributed by atoms with Crippen molar-refractivity contribution in [2.24, 2.45) is 0 Å². The lowest BCUT2D eigenvalue weighted by Gasteiger charge is -2.13. The van der Waals surface area contributed by atoms with E-state index in [1.807, 2.05) is 32.0 Å². The molecule has 5 nitrogen and oxygen atoms in total. The molecule has 0 aliphatic heterocycles. The molecule has 2 aromatic rings. The number of hydrogen-bond acceptors (Lipinski definition) is 4. The fourth-order valence-electron chi connectivity index (χ4n) is 2.54. The van der Waals surface area contributed by atoms with Crippen molar-refractivity contribution < 1.29 is 4.79 Å². The van der Waals surface area contributed by atoms with Gasteiger partial charge in [0.2, 0.25) is 5.95 Å². The highest BCUT2D eigenvalue weighted by Crippen LogP contribution is 2.24. The summed E-state index contributed by atoms with van der Waals surface area (Å²) in [5.41, 5.74) is 4.24. The zero-order valence-electron chi connectivity index (χ0n) is 13.8. The van der Waals surface area contributed by atoms with Gasteiger partial charge in [0.1, 0.15) is 5.69 Å². The second kappa shape index (κ2) is 6.36. The lowest BCUT2D eigenvalue weighted by atomic mass is 10.1. The highest BCUT2D eigenvalue weighted by molar-refractivity contribution is 6.04. The van der Waals surface area contributed by atoms with E-state index in [1.165, 1.54) is 0 Å². The Hall–Kier alpha value is -2.43. The van der Waals surface area contributed by atoms with Crippen LogP contribution in [-0.4, -0.2) is 21.9 Å². The van der Waals surface area contributed by atoms with Crippen molar-refractivity contribution in [2.45, 2.75) is 46.1 Å². The minimum Gasteiger partial charge on any atom is -0.351 e. The Labute approximate surface area is 136 Å². The Kier molecular flexibility index (Phi) is 4.28. The summed E-state index contributed by atoms with van der Waals surface area (Å²) < 4.78 is 0. The van der Waals surface area contributed by atoms with Gasteiger partial charge >= 0.3 is 0 Å². The molecule has 1 aromatic heterocycles. The molecule has 2 N–H and O–H groups in total. The molecule has 1 saturated carbocycles. The summed E-state index contributed by atoms with van der Waals surface area (Å²) in [5.74, 6) is 0.344. The van der Waals surface area contributed by atoms with Crippen molar-refractivity contribution in [3.8, 4) is 0 Å². The van der Waals surface area contributed by atoms with Gasteiger partial charge in [0.05, 0.1) is 0 Å². The van der Waals surface area contributed by atoms with E-state index in [4.69, 9.17) is 0 Å². The van der Waals surface area contributed by atoms with Gasteiger partial charge in [0.15, 0.2) is 0 Å². The van der Waals surface area contributed by atoms with Crippen LogP contribution < -0.4 is 10.6 Å². The van der Waals surface area contributed by atoms with Crippen LogP contribution in [0.15, 0.2) is 24.3 Å². The molecule has 23 heavy (non-hydrogen) atoms. The molecule has 1 heterocycles. The third kappa shape index (κ3) is 3.67. The Morgan fingerprint density at radius 2 is 2.04 bits per heavy atom. The SMILES string of the molecule is CCc1cccc(C)c1NC(=O)c1cc(C)nc(NC2CC2)n1. The van der Waals surface area contributed by atoms with E-state index in [2.05, 4.69) is 27.5 Å². The predicted molar refractivity (Wildman–Crippen MR) is 91.9 cm³/mol. The summed E-state index contributed by atoms with van der Waals surface area (Å²) >= 11 is 0. The standard InChI is InChI=1S/C18H22N4O/c1-4-13-7-5-6-11(2)16(13)22-17(23)15-10-12(3)19-18(21-15)20-14-8-9-14/h5-7,10,14H,4,8-9H2,1-3H3,(H,22,23)(H,19,20,21). The molecule has 0 spiro atoms. The van der Waals surface area contributed by atoms with Crippen LogP contribution in [0.25, 0.3) is 0 Å². The molecule has 0 radical (unpaired) electrons. The van der Waals surface area contributed by atoms with Gasteiger partial charge in [-0.1, -0.05) is 25.1 Å². The number of amides is 1. The van der Waals surface area contributed by atoms with Crippen LogP contribution in [0.5, 0.6) is 0 Å². The molecule has 1 aromatic carbocycles. The van der Waals surface area contributed by atoms with Gasteiger partial charge in [0, 0.05) is 17.4 Å². The number of rotatable bonds is 5. The Morgan fingerprint density at radius 3 is 2.74 bits per heavy atom. The summed E-state index contributed by atoms with van der Waals surface area (Å²) in [5, 5.41) is 6.26. The average Bonchev–Trinajstić information content (AvgIpc) is 3.32. The lowest BCUT2D eigenvalue weighted by Crippen LogP contribution is -2.18. The number of carbonyl (C=O) groups is 1. The monoisotopic (exact) mass is 310 g/mol. The number of hydrogen-bond donors (Lipinski definition) is 2. The van der Waals surface area contributed by atoms with E-state index in [-0.39, 0.29) is 5.91 Å². The average molecular weight is 310 g/mol. The Morgan fingerprint density at radius 1 is 1.26 bits per heavy atom. The zero-order chi connectivity index (χ0) is 16.4. The van der Waals surface area contributed by atoms with Crippen LogP contribution in [0.1, 0.15) is 47.1 Å². The fraction of sp³-hybridized carbons (Fsp3) is 0.389. The van der Waals surface area contributed by atoms with E-state index in [9.17, 15) is 4.79 Å². The van der Waals surface area contributed by atoms with E-state index >= 15 is 0 Å². The second-order valence-corrected chi connectivity index (χ2v) is 6.05. The topological polar surface area (TPSA) is 66.9 Å². The van der Waals surface area contributed by atoms with Crippen molar-refractivity contribution >= 4 is 17.5 Å². The maximum atomic E-state index is 12.6. The number of benzene rings is 1. The number of carbonyl (C=O) groups excluding carboxylic acids is 1. The smallest absolute Gasteiger partial charge is 0.274 e. The lowest BCUT2D eigenvalue weighted by molar-refractivity contribution is 0.102. The van der Waals surface area contributed by atoms with E-state index in [1.54, 1.807) is 6.07 Å². The second-order valence-electron chi connectivity index (χ2n) is 6.05. The van der Waals surface area contributed by atoms with Gasteiger partial charge in [-0.05, 0) is 50.3 Å². The van der Waals surface area contributed by atoms with Crippen LogP contribution >= 0.6 is 0 Å². The summed E-state index contributed by atoms with van der Waals surface area (Å²) in [6, 6.07) is 8.22. The van der Waals surface area contributed by atoms with E-state index in [0.29, 0.717) is 17.7 Å². The van der Waals surface area contributed by atoms with Crippen LogP contribution in [-0.2, 0) is 6.42 Å². The van der Waals surface area contributed by atoms with Crippen LogP contribution in [0.3, 0.4) is 0 Å². The Balaban J connectivity index is 1.84. The van der Waals surface area contributed by atoms with Crippen molar-refractivity contribution in [3.05, 3.63) is 46.8 Å². The molecule has 0 atom stereocenters. The van der Waals surface area contributed by atoms with Crippen LogP contribution in [0, 0.1) is 13.8 Å². The van der Waals surface area contributed by atoms with Gasteiger partial charge in [-0.15, -0.1) is 0 Å². The molecule has 0 saturated heterocycles. The van der Waals surface area contributed by atoms with Crippen molar-refractivity contribution in [2.75, 3.05) is 10.6 Å². The molecule has 0 unspecified atom stereocenters. The van der Waals surface area contributed by atoms with Crippen molar-refractivity contribution in [1.29, 1.82) is 0 Å². The summed E-state index contributed by atoms with van der Waals surface area (Å²) in [4.78, 5) is 21.3. The molecule has 1 aliphatic carbocycles. The first-order valence-electron chi connectivity index (χ1n) is 8.09. The molecular formula is C18H22N4O. The van der Waals surface area contributed by atoms with Gasteiger partial charge in [-0.25, -0.2) is 9.97 Å². The molecule has 3 rings (SSSR count). The largest absolute Gasteiger partial charge is 0.351 e. The van der Waals surface area contributed by atoms with E-state index < -0.39 is 0 Å². The number of aryl methyl sites for hydroxylation is 3. The summed E-state index contributed by atoms with van der Waals surface area (Å²) in [6.45, 7) is 5.96. The fourth-order valence-corrected chi connectivity index (χ4v) is 2.54. The van der Waals surface area contributed by atoms with Crippen LogP contribution in [0.2, 0.25) is 0 Å². The molecular weight excluding hydrogens is 288 g/mol. The minimum atomic E-state index is -0.196. The first kappa shape index (κ1) is 15.5. The quantitative estimate of drug-likeness (QED) is 0.887. The third-order valence-electron chi connectivity index (χ3n) is 3.98. The third-order valence-corrected chi connectivity index (χ3v) is 3.98. The van der Waals surface area contributed by atoms with Gasteiger partial charge in [-0.3, -0.25) is 4.79 Å². The first-order valence-corrected chi connectivity index (χ1v) is 8.09. The zero-order valence-corrected chi connectivity index (χ0v) is 13.8. The summed E-state index contributed by atoms with van der Waals surface area (Å²) in [6.07, 6.45) is 3.15. The summed E-state index contributed by atoms with van der Waals surface area (Å²) in [7, 11) is 0. The van der Waals surface area contributed by atoms with Gasteiger partial charge < -0.3 is 10.6 Å². The van der Waals surface area contributed by atoms with Crippen molar-refractivity contribution in [3.63, 3.8) is 0 Å². The molecule has 5 heteroatoms. The first-order chi connectivity index (χ1) is 11.1. The number of nitrogens with zero attached hydrogens (tertiary/aromatic N) is 2. The van der Waals surface area contributed by atoms with Crippen molar-refractivity contribution in [1.82, 2.24) is 9.97 Å². The van der Waals surface area contributed by atoms with E-state index in [0.717, 1.165) is 41.8 Å². The molecule has 120 valence electrons. The number of aromatic nitrogens is 2. The van der Waals surface area contributed by atoms with Gasteiger partial charge in [-0.2, -0.15) is 0 Å². The molecule has 1 aliphatic rings. The normalized spacial score (nSPS) is 13.7. The number of para-hydroxylation sites is 1. The predicted octanol–water partition coefficient (Wildman–Crippen LogP) is 3.48. The molecule has 1 amide bonds. The maximum Gasteiger partial charge on any atom is 0.274 e. The highest BCUT2D eigenvalue weighted by atomic mass is 16.1. The minimum absolute atomic E-state index is 0.196. The Bertz CT molecular complexity index is 738. The molecule has 0 bridgehead atoms. The van der Waals surface area contributed by atoms with Gasteiger partial charge in [0.25, 0.3) is 5.91 Å². The maximum absolute atomic E-state index is 12.6. The number of nitrogens with one attached hydrogen (secondary N) is 2. The number of anilines is 2. The van der Waals surface area contributed by atoms with Crippen LogP contribution in [0.4, 0.5) is 11.6 Å². The highest BCUT2D eigenvalue weighted by Gasteiger charge is 2.23. The molecule has 1 fully saturated rings.